The maximum atomic E-state index is 10.7. The van der Waals surface area contributed by atoms with E-state index in [-0.39, 0.29) is 0 Å². The predicted octanol–water partition coefficient (Wildman–Crippen LogP) is 4.60. The Labute approximate surface area is 121 Å². The second-order valence-electron chi connectivity index (χ2n) is 5.75. The average molecular weight is 266 g/mol. The summed E-state index contributed by atoms with van der Waals surface area (Å²) in [7, 11) is 0. The first-order chi connectivity index (χ1) is 9.79. The van der Waals surface area contributed by atoms with Gasteiger partial charge in [0.2, 0.25) is 0 Å². The smallest absolute Gasteiger partial charge is 0.104 e. The molecule has 0 heterocycles. The van der Waals surface area contributed by atoms with Crippen LogP contribution in [0.1, 0.15) is 60.5 Å². The second-order valence-corrected chi connectivity index (χ2v) is 5.75. The van der Waals surface area contributed by atoms with Gasteiger partial charge in [0.1, 0.15) is 6.10 Å². The topological polar surface area (TPSA) is 20.2 Å². The third kappa shape index (κ3) is 2.51. The van der Waals surface area contributed by atoms with Crippen LogP contribution in [0.4, 0.5) is 0 Å². The standard InChI is InChI=1S/C19H22O/c1-2-14-7-3-4-12-18(14)19(20)17-11-6-10-16(13-17)15-8-5-9-15/h3-4,6-7,10-13,15,19-20H,2,5,8-9H2,1H3. The number of hydrogen-bond donors (Lipinski definition) is 1. The first kappa shape index (κ1) is 13.4. The second kappa shape index (κ2) is 5.80. The number of hydrogen-bond acceptors (Lipinski definition) is 1. The van der Waals surface area contributed by atoms with Gasteiger partial charge in [0.25, 0.3) is 0 Å². The maximum Gasteiger partial charge on any atom is 0.104 e. The molecule has 1 aliphatic rings. The molecule has 0 amide bonds. The van der Waals surface area contributed by atoms with E-state index >= 15 is 0 Å². The molecule has 2 aromatic rings. The van der Waals surface area contributed by atoms with Crippen LogP contribution < -0.4 is 0 Å². The summed E-state index contributed by atoms with van der Waals surface area (Å²) in [6.45, 7) is 2.14. The van der Waals surface area contributed by atoms with Gasteiger partial charge in [-0.15, -0.1) is 0 Å². The third-order valence-electron chi connectivity index (χ3n) is 4.53. The van der Waals surface area contributed by atoms with Crippen molar-refractivity contribution in [3.63, 3.8) is 0 Å². The highest BCUT2D eigenvalue weighted by Crippen LogP contribution is 2.37. The minimum Gasteiger partial charge on any atom is -0.384 e. The molecule has 0 radical (unpaired) electrons. The van der Waals surface area contributed by atoms with Crippen molar-refractivity contribution in [2.75, 3.05) is 0 Å². The van der Waals surface area contributed by atoms with Crippen molar-refractivity contribution in [2.45, 2.75) is 44.6 Å². The van der Waals surface area contributed by atoms with Crippen molar-refractivity contribution in [3.8, 4) is 0 Å². The highest BCUT2D eigenvalue weighted by atomic mass is 16.3. The molecule has 1 unspecified atom stereocenters. The van der Waals surface area contributed by atoms with Crippen molar-refractivity contribution in [3.05, 3.63) is 70.8 Å². The first-order valence-corrected chi connectivity index (χ1v) is 7.65. The van der Waals surface area contributed by atoms with E-state index < -0.39 is 6.10 Å². The van der Waals surface area contributed by atoms with Gasteiger partial charge in [-0.3, -0.25) is 0 Å². The zero-order valence-electron chi connectivity index (χ0n) is 12.0. The van der Waals surface area contributed by atoms with Gasteiger partial charge in [0.15, 0.2) is 0 Å². The molecule has 0 saturated heterocycles. The molecule has 2 aromatic carbocycles. The summed E-state index contributed by atoms with van der Waals surface area (Å²) in [6, 6.07) is 16.7. The quantitative estimate of drug-likeness (QED) is 0.857. The highest BCUT2D eigenvalue weighted by Gasteiger charge is 2.21. The van der Waals surface area contributed by atoms with Crippen molar-refractivity contribution < 1.29 is 5.11 Å². The van der Waals surface area contributed by atoms with Crippen molar-refractivity contribution in [1.82, 2.24) is 0 Å². The largest absolute Gasteiger partial charge is 0.384 e. The van der Waals surface area contributed by atoms with Crippen LogP contribution in [0.15, 0.2) is 48.5 Å². The van der Waals surface area contributed by atoms with Gasteiger partial charge in [-0.05, 0) is 47.4 Å². The molecule has 0 spiro atoms. The summed E-state index contributed by atoms with van der Waals surface area (Å²) < 4.78 is 0. The maximum absolute atomic E-state index is 10.7. The van der Waals surface area contributed by atoms with Gasteiger partial charge in [0, 0.05) is 0 Å². The lowest BCUT2D eigenvalue weighted by Gasteiger charge is -2.26. The number of benzene rings is 2. The molecule has 1 saturated carbocycles. The summed E-state index contributed by atoms with van der Waals surface area (Å²) in [6.07, 6.45) is 4.38. The fraction of sp³-hybridized carbons (Fsp3) is 0.368. The summed E-state index contributed by atoms with van der Waals surface area (Å²) in [5.41, 5.74) is 4.69. The molecule has 104 valence electrons. The summed E-state index contributed by atoms with van der Waals surface area (Å²) in [4.78, 5) is 0. The molecule has 1 heteroatoms. The molecule has 1 atom stereocenters. The summed E-state index contributed by atoms with van der Waals surface area (Å²) in [5, 5.41) is 10.7. The fourth-order valence-corrected chi connectivity index (χ4v) is 3.03. The molecule has 20 heavy (non-hydrogen) atoms. The predicted molar refractivity (Wildman–Crippen MR) is 82.9 cm³/mol. The van der Waals surface area contributed by atoms with E-state index in [1.807, 2.05) is 24.3 Å². The third-order valence-corrected chi connectivity index (χ3v) is 4.53. The Morgan fingerprint density at radius 1 is 1.10 bits per heavy atom. The van der Waals surface area contributed by atoms with Crippen molar-refractivity contribution >= 4 is 0 Å². The minimum atomic E-state index is -0.508. The van der Waals surface area contributed by atoms with Crippen LogP contribution in [0.3, 0.4) is 0 Å². The molecule has 1 aliphatic carbocycles. The normalized spacial score (nSPS) is 16.7. The first-order valence-electron chi connectivity index (χ1n) is 7.65. The Hall–Kier alpha value is -1.60. The lowest BCUT2D eigenvalue weighted by Crippen LogP contribution is -2.10. The van der Waals surface area contributed by atoms with E-state index in [1.54, 1.807) is 0 Å². The van der Waals surface area contributed by atoms with Gasteiger partial charge in [-0.25, -0.2) is 0 Å². The Morgan fingerprint density at radius 2 is 1.90 bits per heavy atom. The van der Waals surface area contributed by atoms with Crippen LogP contribution >= 0.6 is 0 Å². The number of aryl methyl sites for hydroxylation is 1. The molecule has 3 rings (SSSR count). The minimum absolute atomic E-state index is 0.508. The average Bonchev–Trinajstić information content (AvgIpc) is 2.45. The Morgan fingerprint density at radius 3 is 2.60 bits per heavy atom. The molecular formula is C19H22O. The SMILES string of the molecule is CCc1ccccc1C(O)c1cccc(C2CCC2)c1. The monoisotopic (exact) mass is 266 g/mol. The lowest BCUT2D eigenvalue weighted by molar-refractivity contribution is 0.219. The van der Waals surface area contributed by atoms with Gasteiger partial charge < -0.3 is 5.11 Å². The van der Waals surface area contributed by atoms with Crippen molar-refractivity contribution in [2.24, 2.45) is 0 Å². The Balaban J connectivity index is 1.91. The van der Waals surface area contributed by atoms with Crippen LogP contribution in [0.2, 0.25) is 0 Å². The van der Waals surface area contributed by atoms with E-state index in [4.69, 9.17) is 0 Å². The van der Waals surface area contributed by atoms with Crippen LogP contribution in [0.25, 0.3) is 0 Å². The van der Waals surface area contributed by atoms with Crippen LogP contribution in [0.5, 0.6) is 0 Å². The molecular weight excluding hydrogens is 244 g/mol. The van der Waals surface area contributed by atoms with E-state index in [9.17, 15) is 5.11 Å². The van der Waals surface area contributed by atoms with Crippen LogP contribution in [-0.4, -0.2) is 5.11 Å². The molecule has 0 bridgehead atoms. The molecule has 1 nitrogen and oxygen atoms in total. The van der Waals surface area contributed by atoms with E-state index in [1.165, 1.54) is 30.4 Å². The molecule has 0 aliphatic heterocycles. The zero-order valence-corrected chi connectivity index (χ0v) is 12.0. The van der Waals surface area contributed by atoms with Crippen LogP contribution in [0, 0.1) is 0 Å². The Kier molecular flexibility index (Phi) is 3.88. The summed E-state index contributed by atoms with van der Waals surface area (Å²) in [5.74, 6) is 0.712. The number of rotatable bonds is 4. The van der Waals surface area contributed by atoms with Gasteiger partial charge in [-0.2, -0.15) is 0 Å². The highest BCUT2D eigenvalue weighted by molar-refractivity contribution is 5.38. The Bertz CT molecular complexity index is 584. The molecule has 1 N–H and O–H groups in total. The van der Waals surface area contributed by atoms with Crippen molar-refractivity contribution in [1.29, 1.82) is 0 Å². The lowest BCUT2D eigenvalue weighted by atomic mass is 9.79. The van der Waals surface area contributed by atoms with E-state index in [2.05, 4.69) is 31.2 Å². The zero-order chi connectivity index (χ0) is 13.9. The van der Waals surface area contributed by atoms with E-state index in [0.717, 1.165) is 17.5 Å². The number of aliphatic hydroxyl groups excluding tert-OH is 1. The van der Waals surface area contributed by atoms with Gasteiger partial charge in [-0.1, -0.05) is 61.9 Å². The molecule has 0 aromatic heterocycles. The summed E-state index contributed by atoms with van der Waals surface area (Å²) >= 11 is 0. The fourth-order valence-electron chi connectivity index (χ4n) is 3.03. The number of aliphatic hydroxyl groups is 1. The van der Waals surface area contributed by atoms with Crippen LogP contribution in [-0.2, 0) is 6.42 Å². The van der Waals surface area contributed by atoms with Gasteiger partial charge >= 0.3 is 0 Å². The van der Waals surface area contributed by atoms with E-state index in [0.29, 0.717) is 5.92 Å². The van der Waals surface area contributed by atoms with Gasteiger partial charge in [0.05, 0.1) is 0 Å². The molecule has 1 fully saturated rings.